The van der Waals surface area contributed by atoms with Crippen molar-refractivity contribution in [3.63, 3.8) is 0 Å². The van der Waals surface area contributed by atoms with Crippen LogP contribution in [0, 0.1) is 6.92 Å². The monoisotopic (exact) mass is 348 g/mol. The van der Waals surface area contributed by atoms with Gasteiger partial charge in [0.1, 0.15) is 5.75 Å². The van der Waals surface area contributed by atoms with E-state index in [0.29, 0.717) is 6.54 Å². The summed E-state index contributed by atoms with van der Waals surface area (Å²) in [6, 6.07) is 13.6. The summed E-state index contributed by atoms with van der Waals surface area (Å²) in [5.74, 6) is 0.0150. The number of aryl methyl sites for hydroxylation is 1. The van der Waals surface area contributed by atoms with Crippen molar-refractivity contribution in [1.29, 1.82) is 0 Å². The summed E-state index contributed by atoms with van der Waals surface area (Å²) in [5, 5.41) is 2.92. The quantitative estimate of drug-likeness (QED) is 0.821. The van der Waals surface area contributed by atoms with Crippen LogP contribution in [0.5, 0.6) is 5.75 Å². The molecule has 0 fully saturated rings. The topological polar surface area (TPSA) is 41.6 Å². The standard InChI is InChI=1S/C19H22F2N2O2/c1-13-6-4-5-7-17(13)22-18(24)14(2)23(3)12-15-8-10-16(11-9-15)25-19(20)21/h4-11,14,19H,12H2,1-3H3,(H,22,24). The highest BCUT2D eigenvalue weighted by atomic mass is 19.3. The fourth-order valence-corrected chi connectivity index (χ4v) is 2.35. The molecule has 0 aliphatic rings. The Kier molecular flexibility index (Phi) is 6.47. The van der Waals surface area contributed by atoms with Crippen molar-refractivity contribution in [1.82, 2.24) is 4.90 Å². The van der Waals surface area contributed by atoms with Crippen molar-refractivity contribution in [2.75, 3.05) is 12.4 Å². The number of anilines is 1. The van der Waals surface area contributed by atoms with Gasteiger partial charge in [-0.2, -0.15) is 8.78 Å². The molecule has 0 bridgehead atoms. The molecule has 1 atom stereocenters. The number of carbonyl (C=O) groups excluding carboxylic acids is 1. The third-order valence-electron chi connectivity index (χ3n) is 4.02. The van der Waals surface area contributed by atoms with Crippen LogP contribution in [-0.2, 0) is 11.3 Å². The molecule has 2 aromatic carbocycles. The molecule has 2 aromatic rings. The number of halogens is 2. The molecule has 1 amide bonds. The highest BCUT2D eigenvalue weighted by Gasteiger charge is 2.19. The van der Waals surface area contributed by atoms with Gasteiger partial charge >= 0.3 is 6.61 Å². The molecule has 1 N–H and O–H groups in total. The lowest BCUT2D eigenvalue weighted by Crippen LogP contribution is -2.39. The van der Waals surface area contributed by atoms with Gasteiger partial charge in [-0.1, -0.05) is 30.3 Å². The second kappa shape index (κ2) is 8.58. The maximum absolute atomic E-state index is 12.4. The number of nitrogens with zero attached hydrogens (tertiary/aromatic N) is 1. The van der Waals surface area contributed by atoms with Crippen LogP contribution in [0.3, 0.4) is 0 Å². The van der Waals surface area contributed by atoms with Crippen LogP contribution in [0.4, 0.5) is 14.5 Å². The number of benzene rings is 2. The van der Waals surface area contributed by atoms with Crippen molar-refractivity contribution in [3.8, 4) is 5.75 Å². The van der Waals surface area contributed by atoms with Crippen LogP contribution < -0.4 is 10.1 Å². The maximum atomic E-state index is 12.4. The van der Waals surface area contributed by atoms with Crippen molar-refractivity contribution >= 4 is 11.6 Å². The van der Waals surface area contributed by atoms with Crippen LogP contribution in [0.15, 0.2) is 48.5 Å². The number of rotatable bonds is 7. The number of likely N-dealkylation sites (N-methyl/N-ethyl adjacent to an activating group) is 1. The molecule has 1 unspecified atom stereocenters. The predicted octanol–water partition coefficient (Wildman–Crippen LogP) is 4.06. The molecular weight excluding hydrogens is 326 g/mol. The third-order valence-corrected chi connectivity index (χ3v) is 4.02. The first kappa shape index (κ1) is 18.9. The molecule has 0 radical (unpaired) electrons. The van der Waals surface area contributed by atoms with Gasteiger partial charge in [-0.15, -0.1) is 0 Å². The van der Waals surface area contributed by atoms with Crippen molar-refractivity contribution in [3.05, 3.63) is 59.7 Å². The Morgan fingerprint density at radius 1 is 1.16 bits per heavy atom. The van der Waals surface area contributed by atoms with Gasteiger partial charge in [0.15, 0.2) is 0 Å². The summed E-state index contributed by atoms with van der Waals surface area (Å²) in [4.78, 5) is 14.3. The molecule has 4 nitrogen and oxygen atoms in total. The van der Waals surface area contributed by atoms with Crippen LogP contribution in [0.2, 0.25) is 0 Å². The van der Waals surface area contributed by atoms with Gasteiger partial charge in [0.05, 0.1) is 6.04 Å². The molecular formula is C19H22F2N2O2. The average Bonchev–Trinajstić information content (AvgIpc) is 2.57. The minimum absolute atomic E-state index is 0.102. The van der Waals surface area contributed by atoms with Crippen LogP contribution in [0.25, 0.3) is 0 Å². The average molecular weight is 348 g/mol. The number of amides is 1. The van der Waals surface area contributed by atoms with E-state index in [-0.39, 0.29) is 17.7 Å². The Morgan fingerprint density at radius 3 is 2.40 bits per heavy atom. The summed E-state index contributed by atoms with van der Waals surface area (Å²) < 4.78 is 28.6. The minimum Gasteiger partial charge on any atom is -0.435 e. The van der Waals surface area contributed by atoms with E-state index in [0.717, 1.165) is 16.8 Å². The second-order valence-corrected chi connectivity index (χ2v) is 5.92. The number of hydrogen-bond acceptors (Lipinski definition) is 3. The van der Waals surface area contributed by atoms with Crippen molar-refractivity contribution in [2.24, 2.45) is 0 Å². The van der Waals surface area contributed by atoms with Gasteiger partial charge in [0.25, 0.3) is 0 Å². The second-order valence-electron chi connectivity index (χ2n) is 5.92. The van der Waals surface area contributed by atoms with Gasteiger partial charge in [-0.05, 0) is 50.2 Å². The van der Waals surface area contributed by atoms with Crippen LogP contribution >= 0.6 is 0 Å². The predicted molar refractivity (Wildman–Crippen MR) is 93.8 cm³/mol. The Labute approximate surface area is 146 Å². The molecule has 2 rings (SSSR count). The van der Waals surface area contributed by atoms with Crippen LogP contribution in [0.1, 0.15) is 18.1 Å². The highest BCUT2D eigenvalue weighted by Crippen LogP contribution is 2.17. The van der Waals surface area contributed by atoms with E-state index in [2.05, 4.69) is 10.1 Å². The number of carbonyl (C=O) groups is 1. The normalized spacial score (nSPS) is 12.3. The van der Waals surface area contributed by atoms with E-state index in [1.165, 1.54) is 12.1 Å². The molecule has 0 heterocycles. The number of ether oxygens (including phenoxy) is 1. The number of para-hydroxylation sites is 1. The Morgan fingerprint density at radius 2 is 1.80 bits per heavy atom. The first-order chi connectivity index (χ1) is 11.9. The number of nitrogens with one attached hydrogen (secondary N) is 1. The van der Waals surface area contributed by atoms with Gasteiger partial charge in [-0.3, -0.25) is 9.69 Å². The minimum atomic E-state index is -2.83. The first-order valence-electron chi connectivity index (χ1n) is 7.97. The van der Waals surface area contributed by atoms with Crippen molar-refractivity contribution in [2.45, 2.75) is 33.0 Å². The summed E-state index contributed by atoms with van der Waals surface area (Å²) in [5.41, 5.74) is 2.70. The van der Waals surface area contributed by atoms with E-state index in [4.69, 9.17) is 0 Å². The molecule has 0 aliphatic carbocycles. The molecule has 25 heavy (non-hydrogen) atoms. The Balaban J connectivity index is 1.94. The zero-order valence-corrected chi connectivity index (χ0v) is 14.5. The van der Waals surface area contributed by atoms with Gasteiger partial charge in [0.2, 0.25) is 5.91 Å². The molecule has 134 valence electrons. The van der Waals surface area contributed by atoms with Gasteiger partial charge < -0.3 is 10.1 Å². The molecule has 0 spiro atoms. The largest absolute Gasteiger partial charge is 0.435 e. The van der Waals surface area contributed by atoms with Gasteiger partial charge in [0, 0.05) is 12.2 Å². The van der Waals surface area contributed by atoms with Gasteiger partial charge in [-0.25, -0.2) is 0 Å². The Hall–Kier alpha value is -2.47. The molecule has 0 aromatic heterocycles. The van der Waals surface area contributed by atoms with E-state index >= 15 is 0 Å². The zero-order valence-electron chi connectivity index (χ0n) is 14.5. The lowest BCUT2D eigenvalue weighted by Gasteiger charge is -2.24. The highest BCUT2D eigenvalue weighted by molar-refractivity contribution is 5.95. The lowest BCUT2D eigenvalue weighted by atomic mass is 10.1. The maximum Gasteiger partial charge on any atom is 0.387 e. The summed E-state index contributed by atoms with van der Waals surface area (Å²) in [7, 11) is 1.84. The van der Waals surface area contributed by atoms with Crippen molar-refractivity contribution < 1.29 is 18.3 Å². The van der Waals surface area contributed by atoms with E-state index < -0.39 is 6.61 Å². The third kappa shape index (κ3) is 5.53. The SMILES string of the molecule is Cc1ccccc1NC(=O)C(C)N(C)Cc1ccc(OC(F)F)cc1. The molecule has 0 aliphatic heterocycles. The van der Waals surface area contributed by atoms with Crippen LogP contribution in [-0.4, -0.2) is 30.5 Å². The fraction of sp³-hybridized carbons (Fsp3) is 0.316. The summed E-state index contributed by atoms with van der Waals surface area (Å²) in [6.45, 7) is 1.44. The van der Waals surface area contributed by atoms with E-state index in [9.17, 15) is 13.6 Å². The molecule has 0 saturated carbocycles. The summed E-state index contributed by atoms with van der Waals surface area (Å²) >= 11 is 0. The smallest absolute Gasteiger partial charge is 0.387 e. The van der Waals surface area contributed by atoms with E-state index in [1.54, 1.807) is 12.1 Å². The zero-order chi connectivity index (χ0) is 18.4. The molecule has 6 heteroatoms. The number of alkyl halides is 2. The Bertz CT molecular complexity index is 705. The fourth-order valence-electron chi connectivity index (χ4n) is 2.35. The summed E-state index contributed by atoms with van der Waals surface area (Å²) in [6.07, 6.45) is 0. The lowest BCUT2D eigenvalue weighted by molar-refractivity contribution is -0.120. The first-order valence-corrected chi connectivity index (χ1v) is 7.97. The van der Waals surface area contributed by atoms with E-state index in [1.807, 2.05) is 50.1 Å². The number of hydrogen-bond donors (Lipinski definition) is 1. The molecule has 0 saturated heterocycles.